The Morgan fingerprint density at radius 2 is 2.20 bits per heavy atom. The van der Waals surface area contributed by atoms with E-state index in [2.05, 4.69) is 10.5 Å². The van der Waals surface area contributed by atoms with Crippen molar-refractivity contribution in [2.45, 2.75) is 33.6 Å². The van der Waals surface area contributed by atoms with E-state index in [1.807, 2.05) is 6.92 Å². The Hall–Kier alpha value is -2.70. The number of aryl methyl sites for hydroxylation is 3. The number of anilines is 2. The smallest absolute Gasteiger partial charge is 0.229 e. The minimum Gasteiger partial charge on any atom is -0.359 e. The average molecular weight is 345 g/mol. The fraction of sp³-hybridized carbons (Fsp3) is 0.389. The highest BCUT2D eigenvalue weighted by molar-refractivity contribution is 6.03. The van der Waals surface area contributed by atoms with E-state index in [1.165, 1.54) is 11.0 Å². The number of halogens is 1. The molecule has 3 rings (SSSR count). The zero-order chi connectivity index (χ0) is 18.1. The van der Waals surface area contributed by atoms with Crippen LogP contribution in [0.25, 0.3) is 0 Å². The first kappa shape index (κ1) is 17.1. The van der Waals surface area contributed by atoms with Gasteiger partial charge in [0.05, 0.1) is 5.92 Å². The van der Waals surface area contributed by atoms with E-state index in [9.17, 15) is 14.0 Å². The normalized spacial score (nSPS) is 17.2. The predicted octanol–water partition coefficient (Wildman–Crippen LogP) is 2.98. The Morgan fingerprint density at radius 3 is 2.88 bits per heavy atom. The third-order valence-corrected chi connectivity index (χ3v) is 4.47. The van der Waals surface area contributed by atoms with E-state index in [0.717, 1.165) is 0 Å². The summed E-state index contributed by atoms with van der Waals surface area (Å²) < 4.78 is 18.5. The molecule has 2 heterocycles. The Kier molecular flexibility index (Phi) is 4.57. The second-order valence-electron chi connectivity index (χ2n) is 6.24. The number of amides is 2. The lowest BCUT2D eigenvalue weighted by Gasteiger charge is -2.17. The molecule has 1 fully saturated rings. The third kappa shape index (κ3) is 3.26. The maximum Gasteiger partial charge on any atom is 0.229 e. The highest BCUT2D eigenvalue weighted by Crippen LogP contribution is 2.28. The maximum atomic E-state index is 13.4. The quantitative estimate of drug-likeness (QED) is 0.924. The monoisotopic (exact) mass is 345 g/mol. The minimum absolute atomic E-state index is 0.119. The van der Waals surface area contributed by atoms with E-state index in [0.29, 0.717) is 34.8 Å². The summed E-state index contributed by atoms with van der Waals surface area (Å²) in [6.07, 6.45) is 0.756. The first-order valence-electron chi connectivity index (χ1n) is 8.23. The van der Waals surface area contributed by atoms with Gasteiger partial charge in [0, 0.05) is 18.7 Å². The zero-order valence-electron chi connectivity index (χ0n) is 14.4. The van der Waals surface area contributed by atoms with Crippen LogP contribution in [-0.4, -0.2) is 23.5 Å². The summed E-state index contributed by atoms with van der Waals surface area (Å²) in [5, 5.41) is 6.74. The van der Waals surface area contributed by atoms with Crippen LogP contribution < -0.4 is 10.2 Å². The van der Waals surface area contributed by atoms with Crippen LogP contribution in [0.4, 0.5) is 15.8 Å². The summed E-state index contributed by atoms with van der Waals surface area (Å²) in [6, 6.07) is 4.51. The number of hydrogen-bond donors (Lipinski definition) is 1. The maximum absolute atomic E-state index is 13.4. The van der Waals surface area contributed by atoms with Gasteiger partial charge in [-0.3, -0.25) is 9.59 Å². The molecular weight excluding hydrogens is 325 g/mol. The first-order chi connectivity index (χ1) is 11.9. The van der Waals surface area contributed by atoms with Gasteiger partial charge in [0.2, 0.25) is 11.8 Å². The molecule has 0 bridgehead atoms. The van der Waals surface area contributed by atoms with Crippen molar-refractivity contribution in [1.82, 2.24) is 5.16 Å². The van der Waals surface area contributed by atoms with E-state index >= 15 is 0 Å². The number of carbonyl (C=O) groups is 2. The van der Waals surface area contributed by atoms with Crippen LogP contribution in [0.2, 0.25) is 0 Å². The summed E-state index contributed by atoms with van der Waals surface area (Å²) in [7, 11) is 0. The van der Waals surface area contributed by atoms with Gasteiger partial charge in [-0.1, -0.05) is 12.1 Å². The van der Waals surface area contributed by atoms with Crippen LogP contribution in [0.15, 0.2) is 22.7 Å². The van der Waals surface area contributed by atoms with E-state index in [-0.39, 0.29) is 30.6 Å². The standard InChI is InChI=1S/C18H20FN3O3/c1-4-15-17(11(3)25-21-15)20-18(24)12-8-16(23)22(9-12)13-5-6-14(19)10(2)7-13/h5-7,12H,4,8-9H2,1-3H3,(H,20,24)/t12-/m0/s1. The summed E-state index contributed by atoms with van der Waals surface area (Å²) >= 11 is 0. The molecule has 0 radical (unpaired) electrons. The molecule has 132 valence electrons. The van der Waals surface area contributed by atoms with Crippen molar-refractivity contribution in [2.75, 3.05) is 16.8 Å². The Labute approximate surface area is 145 Å². The topological polar surface area (TPSA) is 75.4 Å². The number of rotatable bonds is 4. The van der Waals surface area contributed by atoms with Crippen LogP contribution >= 0.6 is 0 Å². The molecule has 6 nitrogen and oxygen atoms in total. The highest BCUT2D eigenvalue weighted by atomic mass is 19.1. The molecule has 2 aromatic rings. The van der Waals surface area contributed by atoms with Gasteiger partial charge < -0.3 is 14.7 Å². The van der Waals surface area contributed by atoms with Crippen molar-refractivity contribution < 1.29 is 18.5 Å². The lowest BCUT2D eigenvalue weighted by atomic mass is 10.1. The summed E-state index contributed by atoms with van der Waals surface area (Å²) in [5.74, 6) is -0.642. The molecule has 2 amide bonds. The first-order valence-corrected chi connectivity index (χ1v) is 8.23. The van der Waals surface area contributed by atoms with Crippen molar-refractivity contribution in [2.24, 2.45) is 5.92 Å². The Bertz CT molecular complexity index is 831. The lowest BCUT2D eigenvalue weighted by Crippen LogP contribution is -2.28. The van der Waals surface area contributed by atoms with Gasteiger partial charge in [-0.15, -0.1) is 0 Å². The summed E-state index contributed by atoms with van der Waals surface area (Å²) in [5.41, 5.74) is 2.33. The fourth-order valence-electron chi connectivity index (χ4n) is 2.97. The van der Waals surface area contributed by atoms with Crippen LogP contribution in [0.3, 0.4) is 0 Å². The molecule has 7 heteroatoms. The zero-order valence-corrected chi connectivity index (χ0v) is 14.4. The van der Waals surface area contributed by atoms with E-state index < -0.39 is 5.92 Å². The van der Waals surface area contributed by atoms with Gasteiger partial charge >= 0.3 is 0 Å². The van der Waals surface area contributed by atoms with Crippen molar-refractivity contribution in [1.29, 1.82) is 0 Å². The van der Waals surface area contributed by atoms with Gasteiger partial charge in [-0.2, -0.15) is 0 Å². The molecule has 1 atom stereocenters. The molecule has 0 saturated carbocycles. The molecule has 25 heavy (non-hydrogen) atoms. The molecule has 1 N–H and O–H groups in total. The lowest BCUT2D eigenvalue weighted by molar-refractivity contribution is -0.122. The minimum atomic E-state index is -0.475. The largest absolute Gasteiger partial charge is 0.359 e. The number of aromatic nitrogens is 1. The van der Waals surface area contributed by atoms with Crippen molar-refractivity contribution >= 4 is 23.2 Å². The van der Waals surface area contributed by atoms with Crippen molar-refractivity contribution in [3.8, 4) is 0 Å². The predicted molar refractivity (Wildman–Crippen MR) is 90.8 cm³/mol. The third-order valence-electron chi connectivity index (χ3n) is 4.47. The molecule has 0 unspecified atom stereocenters. The molecule has 1 saturated heterocycles. The molecule has 0 aliphatic carbocycles. The van der Waals surface area contributed by atoms with Crippen molar-refractivity contribution in [3.63, 3.8) is 0 Å². The van der Waals surface area contributed by atoms with Crippen LogP contribution in [0, 0.1) is 25.6 Å². The van der Waals surface area contributed by atoms with Crippen LogP contribution in [0.1, 0.15) is 30.4 Å². The second kappa shape index (κ2) is 6.66. The van der Waals surface area contributed by atoms with Gasteiger partial charge in [0.1, 0.15) is 17.2 Å². The van der Waals surface area contributed by atoms with E-state index in [4.69, 9.17) is 4.52 Å². The van der Waals surface area contributed by atoms with Crippen molar-refractivity contribution in [3.05, 3.63) is 41.0 Å². The fourth-order valence-corrected chi connectivity index (χ4v) is 2.97. The van der Waals surface area contributed by atoms with Crippen LogP contribution in [-0.2, 0) is 16.0 Å². The van der Waals surface area contributed by atoms with Gasteiger partial charge in [-0.25, -0.2) is 4.39 Å². The number of benzene rings is 1. The average Bonchev–Trinajstić information content (AvgIpc) is 3.14. The summed E-state index contributed by atoms with van der Waals surface area (Å²) in [4.78, 5) is 26.4. The molecule has 1 aliphatic rings. The Balaban J connectivity index is 1.74. The number of nitrogens with zero attached hydrogens (tertiary/aromatic N) is 2. The summed E-state index contributed by atoms with van der Waals surface area (Å²) in [6.45, 7) is 5.56. The van der Waals surface area contributed by atoms with E-state index in [1.54, 1.807) is 26.0 Å². The molecule has 0 spiro atoms. The van der Waals surface area contributed by atoms with Gasteiger partial charge in [-0.05, 0) is 44.0 Å². The molecular formula is C18H20FN3O3. The SMILES string of the molecule is CCc1noc(C)c1NC(=O)[C@H]1CC(=O)N(c2ccc(F)c(C)c2)C1. The highest BCUT2D eigenvalue weighted by Gasteiger charge is 2.36. The Morgan fingerprint density at radius 1 is 1.44 bits per heavy atom. The van der Waals surface area contributed by atoms with Gasteiger partial charge in [0.15, 0.2) is 5.76 Å². The van der Waals surface area contributed by atoms with Crippen LogP contribution in [0.5, 0.6) is 0 Å². The second-order valence-corrected chi connectivity index (χ2v) is 6.24. The molecule has 1 aromatic heterocycles. The number of hydrogen-bond acceptors (Lipinski definition) is 4. The molecule has 1 aromatic carbocycles. The number of nitrogens with one attached hydrogen (secondary N) is 1. The molecule has 1 aliphatic heterocycles. The number of carbonyl (C=O) groups excluding carboxylic acids is 2. The van der Waals surface area contributed by atoms with Gasteiger partial charge in [0.25, 0.3) is 0 Å².